The van der Waals surface area contributed by atoms with Crippen molar-refractivity contribution in [3.05, 3.63) is 46.8 Å². The molecule has 0 aliphatic heterocycles. The molecule has 0 bridgehead atoms. The van der Waals surface area contributed by atoms with Crippen LogP contribution >= 0.6 is 0 Å². The second-order valence-corrected chi connectivity index (χ2v) is 4.85. The predicted molar refractivity (Wildman–Crippen MR) is 77.1 cm³/mol. The first-order valence-electron chi connectivity index (χ1n) is 6.48. The summed E-state index contributed by atoms with van der Waals surface area (Å²) in [6.07, 6.45) is 0.0765. The van der Waals surface area contributed by atoms with Gasteiger partial charge in [0.25, 0.3) is 0 Å². The summed E-state index contributed by atoms with van der Waals surface area (Å²) in [6.45, 7) is 8.13. The van der Waals surface area contributed by atoms with Gasteiger partial charge in [-0.3, -0.25) is 0 Å². The van der Waals surface area contributed by atoms with Crippen LogP contribution in [-0.2, 0) is 4.74 Å². The van der Waals surface area contributed by atoms with Crippen molar-refractivity contribution >= 4 is 0 Å². The molecule has 1 heterocycles. The van der Waals surface area contributed by atoms with Crippen LogP contribution < -0.4 is 0 Å². The largest absolute Gasteiger partial charge is 0.377 e. The minimum Gasteiger partial charge on any atom is -0.377 e. The van der Waals surface area contributed by atoms with Crippen molar-refractivity contribution in [2.75, 3.05) is 7.11 Å². The molecule has 0 fully saturated rings. The molecule has 1 aromatic carbocycles. The molecule has 0 N–H and O–H groups in total. The third-order valence-electron chi connectivity index (χ3n) is 3.60. The lowest BCUT2D eigenvalue weighted by Crippen LogP contribution is -2.00. The van der Waals surface area contributed by atoms with Gasteiger partial charge in [0.2, 0.25) is 0 Å². The topological polar surface area (TPSA) is 35.0 Å². The summed E-state index contributed by atoms with van der Waals surface area (Å²) in [5, 5.41) is 0. The van der Waals surface area contributed by atoms with E-state index >= 15 is 0 Å². The van der Waals surface area contributed by atoms with E-state index in [0.717, 1.165) is 33.9 Å². The Labute approximate surface area is 114 Å². The highest BCUT2D eigenvalue weighted by molar-refractivity contribution is 5.57. The lowest BCUT2D eigenvalue weighted by molar-refractivity contribution is 0.119. The highest BCUT2D eigenvalue weighted by Crippen LogP contribution is 2.23. The Balaban J connectivity index is 2.47. The number of ether oxygens (including phenoxy) is 1. The van der Waals surface area contributed by atoms with Crippen LogP contribution in [-0.4, -0.2) is 17.1 Å². The minimum atomic E-state index is 0.0765. The summed E-state index contributed by atoms with van der Waals surface area (Å²) in [4.78, 5) is 9.16. The molecule has 1 unspecified atom stereocenters. The molecule has 3 nitrogen and oxygen atoms in total. The molecule has 3 heteroatoms. The molecule has 0 amide bonds. The van der Waals surface area contributed by atoms with Crippen LogP contribution in [0.5, 0.6) is 0 Å². The van der Waals surface area contributed by atoms with Crippen molar-refractivity contribution in [1.29, 1.82) is 0 Å². The van der Waals surface area contributed by atoms with Crippen molar-refractivity contribution in [1.82, 2.24) is 9.97 Å². The monoisotopic (exact) mass is 256 g/mol. The molecule has 100 valence electrons. The zero-order valence-corrected chi connectivity index (χ0v) is 12.2. The Hall–Kier alpha value is -1.74. The van der Waals surface area contributed by atoms with Crippen molar-refractivity contribution in [2.45, 2.75) is 33.8 Å². The van der Waals surface area contributed by atoms with Gasteiger partial charge in [-0.15, -0.1) is 0 Å². The Bertz CT molecular complexity index is 570. The second kappa shape index (κ2) is 5.49. The lowest BCUT2D eigenvalue weighted by Gasteiger charge is -2.12. The highest BCUT2D eigenvalue weighted by atomic mass is 16.5. The molecular formula is C16H20N2O. The first-order chi connectivity index (χ1) is 9.02. The average molecular weight is 256 g/mol. The third-order valence-corrected chi connectivity index (χ3v) is 3.60. The number of hydrogen-bond acceptors (Lipinski definition) is 3. The molecule has 2 rings (SSSR count). The summed E-state index contributed by atoms with van der Waals surface area (Å²) in [7, 11) is 1.72. The Morgan fingerprint density at radius 3 is 2.26 bits per heavy atom. The number of benzene rings is 1. The Morgan fingerprint density at radius 2 is 1.68 bits per heavy atom. The van der Waals surface area contributed by atoms with Gasteiger partial charge in [-0.2, -0.15) is 0 Å². The molecule has 0 aliphatic carbocycles. The van der Waals surface area contributed by atoms with Gasteiger partial charge in [-0.1, -0.05) is 18.2 Å². The second-order valence-electron chi connectivity index (χ2n) is 4.85. The fourth-order valence-corrected chi connectivity index (χ4v) is 1.97. The molecule has 0 aliphatic rings. The van der Waals surface area contributed by atoms with E-state index in [-0.39, 0.29) is 6.10 Å². The first kappa shape index (κ1) is 13.7. The summed E-state index contributed by atoms with van der Waals surface area (Å²) < 4.78 is 5.35. The number of nitrogens with zero attached hydrogens (tertiary/aromatic N) is 2. The van der Waals surface area contributed by atoms with Crippen LogP contribution in [0.15, 0.2) is 24.3 Å². The van der Waals surface area contributed by atoms with Crippen LogP contribution in [0.4, 0.5) is 0 Å². The van der Waals surface area contributed by atoms with Crippen molar-refractivity contribution in [2.24, 2.45) is 0 Å². The quantitative estimate of drug-likeness (QED) is 0.838. The zero-order valence-electron chi connectivity index (χ0n) is 12.2. The minimum absolute atomic E-state index is 0.0765. The standard InChI is InChI=1S/C16H20N2O/c1-10-11(2)17-16(18-12(10)3)15-8-6-7-14(9-15)13(4)19-5/h6-9,13H,1-5H3. The van der Waals surface area contributed by atoms with Gasteiger partial charge in [-0.25, -0.2) is 9.97 Å². The average Bonchev–Trinajstić information content (AvgIpc) is 2.43. The molecule has 1 aromatic heterocycles. The van der Waals surface area contributed by atoms with Gasteiger partial charge >= 0.3 is 0 Å². The number of aryl methyl sites for hydroxylation is 2. The maximum absolute atomic E-state index is 5.35. The van der Waals surface area contributed by atoms with Crippen LogP contribution in [0.1, 0.15) is 35.5 Å². The summed E-state index contributed by atoms with van der Waals surface area (Å²) >= 11 is 0. The van der Waals surface area contributed by atoms with E-state index in [0.29, 0.717) is 0 Å². The molecular weight excluding hydrogens is 236 g/mol. The third kappa shape index (κ3) is 2.82. The van der Waals surface area contributed by atoms with Gasteiger partial charge in [0.1, 0.15) is 0 Å². The Morgan fingerprint density at radius 1 is 1.05 bits per heavy atom. The fourth-order valence-electron chi connectivity index (χ4n) is 1.97. The van der Waals surface area contributed by atoms with Crippen molar-refractivity contribution in [3.63, 3.8) is 0 Å². The lowest BCUT2D eigenvalue weighted by atomic mass is 10.1. The maximum Gasteiger partial charge on any atom is 0.159 e. The molecule has 0 spiro atoms. The maximum atomic E-state index is 5.35. The summed E-state index contributed by atoms with van der Waals surface area (Å²) in [5.41, 5.74) is 5.40. The van der Waals surface area contributed by atoms with E-state index in [9.17, 15) is 0 Å². The van der Waals surface area contributed by atoms with Gasteiger partial charge < -0.3 is 4.74 Å². The van der Waals surface area contributed by atoms with Crippen LogP contribution in [0, 0.1) is 20.8 Å². The highest BCUT2D eigenvalue weighted by Gasteiger charge is 2.09. The van der Waals surface area contributed by atoms with E-state index in [4.69, 9.17) is 4.74 Å². The van der Waals surface area contributed by atoms with E-state index in [1.165, 1.54) is 0 Å². The van der Waals surface area contributed by atoms with E-state index in [1.807, 2.05) is 32.9 Å². The predicted octanol–water partition coefficient (Wildman–Crippen LogP) is 3.78. The molecule has 1 atom stereocenters. The van der Waals surface area contributed by atoms with E-state index < -0.39 is 0 Å². The van der Waals surface area contributed by atoms with Gasteiger partial charge in [0.05, 0.1) is 6.10 Å². The number of hydrogen-bond donors (Lipinski definition) is 0. The van der Waals surface area contributed by atoms with Gasteiger partial charge in [0, 0.05) is 24.1 Å². The van der Waals surface area contributed by atoms with Crippen molar-refractivity contribution in [3.8, 4) is 11.4 Å². The Kier molecular flexibility index (Phi) is 3.96. The molecule has 0 saturated carbocycles. The van der Waals surface area contributed by atoms with Crippen molar-refractivity contribution < 1.29 is 4.74 Å². The van der Waals surface area contributed by atoms with Crippen LogP contribution in [0.25, 0.3) is 11.4 Å². The smallest absolute Gasteiger partial charge is 0.159 e. The number of aromatic nitrogens is 2. The number of methoxy groups -OCH3 is 1. The normalized spacial score (nSPS) is 12.5. The van der Waals surface area contributed by atoms with Gasteiger partial charge in [0.15, 0.2) is 5.82 Å². The van der Waals surface area contributed by atoms with E-state index in [2.05, 4.69) is 29.0 Å². The molecule has 0 radical (unpaired) electrons. The number of rotatable bonds is 3. The zero-order chi connectivity index (χ0) is 14.0. The summed E-state index contributed by atoms with van der Waals surface area (Å²) in [5.74, 6) is 0.783. The fraction of sp³-hybridized carbons (Fsp3) is 0.375. The van der Waals surface area contributed by atoms with Crippen LogP contribution in [0.3, 0.4) is 0 Å². The molecule has 2 aromatic rings. The van der Waals surface area contributed by atoms with Crippen LogP contribution in [0.2, 0.25) is 0 Å². The molecule has 19 heavy (non-hydrogen) atoms. The molecule has 0 saturated heterocycles. The van der Waals surface area contributed by atoms with Gasteiger partial charge in [-0.05, 0) is 44.9 Å². The summed E-state index contributed by atoms with van der Waals surface area (Å²) in [6, 6.07) is 8.22. The first-order valence-corrected chi connectivity index (χ1v) is 6.48. The van der Waals surface area contributed by atoms with E-state index in [1.54, 1.807) is 7.11 Å². The SMILES string of the molecule is COC(C)c1cccc(-c2nc(C)c(C)c(C)n2)c1.